The number of phenolic OH excluding ortho intramolecular Hbond substituents is 1. The van der Waals surface area contributed by atoms with Gasteiger partial charge < -0.3 is 19.5 Å². The maximum Gasteiger partial charge on any atom is 0.327 e. The van der Waals surface area contributed by atoms with Crippen molar-refractivity contribution in [3.63, 3.8) is 0 Å². The molecule has 0 radical (unpaired) electrons. The molecule has 25 heavy (non-hydrogen) atoms. The summed E-state index contributed by atoms with van der Waals surface area (Å²) in [6.07, 6.45) is 3.53. The van der Waals surface area contributed by atoms with Gasteiger partial charge in [-0.05, 0) is 17.7 Å². The van der Waals surface area contributed by atoms with E-state index in [1.54, 1.807) is 23.0 Å². The molecule has 128 valence electrons. The first kappa shape index (κ1) is 16.6. The topological polar surface area (TPSA) is 84.6 Å². The summed E-state index contributed by atoms with van der Waals surface area (Å²) in [5.74, 6) is 0.0232. The first-order chi connectivity index (χ1) is 12.1. The van der Waals surface area contributed by atoms with Gasteiger partial charge in [0.05, 0.1) is 12.7 Å². The molecule has 0 bridgehead atoms. The van der Waals surface area contributed by atoms with E-state index in [-0.39, 0.29) is 5.75 Å². The van der Waals surface area contributed by atoms with Crippen molar-refractivity contribution in [1.82, 2.24) is 9.55 Å². The Balaban J connectivity index is 2.03. The van der Waals surface area contributed by atoms with E-state index < -0.39 is 12.0 Å². The lowest BCUT2D eigenvalue weighted by atomic mass is 10.1. The maximum absolute atomic E-state index is 11.9. The highest BCUT2D eigenvalue weighted by molar-refractivity contribution is 5.75. The average molecular weight is 338 g/mol. The molecule has 0 aliphatic heterocycles. The van der Waals surface area contributed by atoms with Gasteiger partial charge in [0.1, 0.15) is 23.4 Å². The minimum Gasteiger partial charge on any atom is -0.508 e. The van der Waals surface area contributed by atoms with Crippen molar-refractivity contribution in [3.8, 4) is 22.9 Å². The Morgan fingerprint density at radius 3 is 2.68 bits per heavy atom. The van der Waals surface area contributed by atoms with Gasteiger partial charge in [-0.3, -0.25) is 0 Å². The summed E-state index contributed by atoms with van der Waals surface area (Å²) in [6.45, 7) is 0. The molecule has 0 amide bonds. The van der Waals surface area contributed by atoms with Crippen LogP contribution in [0, 0.1) is 0 Å². The second-order valence-electron chi connectivity index (χ2n) is 5.59. The Morgan fingerprint density at radius 1 is 1.24 bits per heavy atom. The van der Waals surface area contributed by atoms with Gasteiger partial charge in [-0.2, -0.15) is 0 Å². The molecule has 2 aromatic carbocycles. The van der Waals surface area contributed by atoms with Crippen molar-refractivity contribution in [2.45, 2.75) is 12.5 Å². The zero-order valence-corrected chi connectivity index (χ0v) is 13.7. The number of carbonyl (C=O) groups is 1. The molecule has 1 atom stereocenters. The minimum absolute atomic E-state index is 0.0674. The van der Waals surface area contributed by atoms with E-state index in [0.717, 1.165) is 5.56 Å². The minimum atomic E-state index is -0.944. The molecule has 6 nitrogen and oxygen atoms in total. The lowest BCUT2D eigenvalue weighted by molar-refractivity contribution is -0.140. The van der Waals surface area contributed by atoms with Gasteiger partial charge in [0.25, 0.3) is 0 Å². The smallest absolute Gasteiger partial charge is 0.327 e. The molecule has 1 aromatic heterocycles. The molecule has 0 aliphatic carbocycles. The largest absolute Gasteiger partial charge is 0.508 e. The molecule has 3 rings (SSSR count). The van der Waals surface area contributed by atoms with Crippen molar-refractivity contribution in [2.24, 2.45) is 0 Å². The summed E-state index contributed by atoms with van der Waals surface area (Å²) in [5.41, 5.74) is 1.54. The lowest BCUT2D eigenvalue weighted by Gasteiger charge is -2.18. The highest BCUT2D eigenvalue weighted by atomic mass is 16.5. The quantitative estimate of drug-likeness (QED) is 0.721. The second kappa shape index (κ2) is 7.09. The summed E-state index contributed by atoms with van der Waals surface area (Å²) in [4.78, 5) is 16.2. The van der Waals surface area contributed by atoms with Crippen LogP contribution in [-0.4, -0.2) is 32.8 Å². The number of phenols is 1. The third-order valence-corrected chi connectivity index (χ3v) is 3.99. The Kier molecular flexibility index (Phi) is 4.70. The maximum atomic E-state index is 11.9. The Morgan fingerprint density at radius 2 is 2.00 bits per heavy atom. The summed E-state index contributed by atoms with van der Waals surface area (Å²) >= 11 is 0. The van der Waals surface area contributed by atoms with Crippen LogP contribution in [0.2, 0.25) is 0 Å². The molecule has 0 aliphatic rings. The number of hydrogen-bond acceptors (Lipinski definition) is 4. The number of benzene rings is 2. The van der Waals surface area contributed by atoms with Crippen molar-refractivity contribution in [1.29, 1.82) is 0 Å². The van der Waals surface area contributed by atoms with Crippen LogP contribution >= 0.6 is 0 Å². The fraction of sp³-hybridized carbons (Fsp3) is 0.158. The molecule has 0 spiro atoms. The van der Waals surface area contributed by atoms with Gasteiger partial charge in [0.2, 0.25) is 0 Å². The second-order valence-corrected chi connectivity index (χ2v) is 5.59. The Hall–Kier alpha value is -3.28. The molecular formula is C19H18N2O4. The van der Waals surface area contributed by atoms with Gasteiger partial charge in [0, 0.05) is 24.9 Å². The fourth-order valence-electron chi connectivity index (χ4n) is 2.78. The van der Waals surface area contributed by atoms with E-state index in [4.69, 9.17) is 4.74 Å². The number of carboxylic acid groups (broad SMARTS) is 1. The van der Waals surface area contributed by atoms with Crippen molar-refractivity contribution in [2.75, 3.05) is 7.11 Å². The van der Waals surface area contributed by atoms with Crippen LogP contribution in [0.3, 0.4) is 0 Å². The monoisotopic (exact) mass is 338 g/mol. The van der Waals surface area contributed by atoms with Crippen molar-refractivity contribution in [3.05, 3.63) is 66.5 Å². The van der Waals surface area contributed by atoms with Gasteiger partial charge in [-0.25, -0.2) is 9.78 Å². The Bertz CT molecular complexity index is 874. The lowest BCUT2D eigenvalue weighted by Crippen LogP contribution is -2.21. The molecule has 0 saturated carbocycles. The summed E-state index contributed by atoms with van der Waals surface area (Å²) in [5, 5.41) is 19.4. The molecule has 6 heteroatoms. The highest BCUT2D eigenvalue weighted by Gasteiger charge is 2.24. The molecule has 1 unspecified atom stereocenters. The van der Waals surface area contributed by atoms with E-state index in [0.29, 0.717) is 23.6 Å². The number of carboxylic acids is 1. The van der Waals surface area contributed by atoms with Crippen molar-refractivity contribution < 1.29 is 19.7 Å². The number of ether oxygens (including phenoxy) is 1. The van der Waals surface area contributed by atoms with Gasteiger partial charge in [-0.1, -0.05) is 30.3 Å². The van der Waals surface area contributed by atoms with Gasteiger partial charge >= 0.3 is 5.97 Å². The zero-order chi connectivity index (χ0) is 17.8. The SMILES string of the molecule is COc1cc(O)ccc1-c1nccn1C(Cc1ccccc1)C(=O)O. The Labute approximate surface area is 145 Å². The van der Waals surface area contributed by atoms with Crippen LogP contribution < -0.4 is 4.74 Å². The molecular weight excluding hydrogens is 320 g/mol. The summed E-state index contributed by atoms with van der Waals surface area (Å²) in [7, 11) is 1.49. The predicted octanol–water partition coefficient (Wildman–Crippen LogP) is 3.13. The fourth-order valence-corrected chi connectivity index (χ4v) is 2.78. The highest BCUT2D eigenvalue weighted by Crippen LogP contribution is 2.33. The number of aromatic nitrogens is 2. The van der Waals surface area contributed by atoms with Crippen LogP contribution in [-0.2, 0) is 11.2 Å². The number of aromatic hydroxyl groups is 1. The van der Waals surface area contributed by atoms with Crippen LogP contribution in [0.25, 0.3) is 11.4 Å². The van der Waals surface area contributed by atoms with E-state index in [1.165, 1.54) is 19.2 Å². The van der Waals surface area contributed by atoms with E-state index >= 15 is 0 Å². The number of aliphatic carboxylic acids is 1. The summed E-state index contributed by atoms with van der Waals surface area (Å²) in [6, 6.07) is 13.3. The van der Waals surface area contributed by atoms with Gasteiger partial charge in [0.15, 0.2) is 0 Å². The van der Waals surface area contributed by atoms with Crippen molar-refractivity contribution >= 4 is 5.97 Å². The number of methoxy groups -OCH3 is 1. The first-order valence-corrected chi connectivity index (χ1v) is 7.77. The standard InChI is InChI=1S/C19H18N2O4/c1-25-17-12-14(22)7-8-15(17)18-20-9-10-21(18)16(19(23)24)11-13-5-3-2-4-6-13/h2-10,12,16,22H,11H2,1H3,(H,23,24). The number of nitrogens with zero attached hydrogens (tertiary/aromatic N) is 2. The molecule has 3 aromatic rings. The van der Waals surface area contributed by atoms with E-state index in [1.807, 2.05) is 30.3 Å². The summed E-state index contributed by atoms with van der Waals surface area (Å²) < 4.78 is 6.92. The molecule has 2 N–H and O–H groups in total. The average Bonchev–Trinajstić information content (AvgIpc) is 3.09. The number of hydrogen-bond donors (Lipinski definition) is 2. The molecule has 1 heterocycles. The molecule has 0 saturated heterocycles. The van der Waals surface area contributed by atoms with E-state index in [2.05, 4.69) is 4.98 Å². The normalized spacial score (nSPS) is 11.9. The number of rotatable bonds is 6. The predicted molar refractivity (Wildman–Crippen MR) is 92.7 cm³/mol. The van der Waals surface area contributed by atoms with Crippen LogP contribution in [0.15, 0.2) is 60.9 Å². The van der Waals surface area contributed by atoms with Crippen LogP contribution in [0.5, 0.6) is 11.5 Å². The zero-order valence-electron chi connectivity index (χ0n) is 13.7. The van der Waals surface area contributed by atoms with Crippen LogP contribution in [0.1, 0.15) is 11.6 Å². The number of imidazole rings is 1. The van der Waals surface area contributed by atoms with Gasteiger partial charge in [-0.15, -0.1) is 0 Å². The van der Waals surface area contributed by atoms with E-state index in [9.17, 15) is 15.0 Å². The third-order valence-electron chi connectivity index (χ3n) is 3.99. The first-order valence-electron chi connectivity index (χ1n) is 7.77. The third kappa shape index (κ3) is 3.47. The molecule has 0 fully saturated rings. The van der Waals surface area contributed by atoms with Crippen LogP contribution in [0.4, 0.5) is 0 Å².